The molecule has 0 fully saturated rings. The molecule has 0 N–H and O–H groups in total. The molecule has 0 spiro atoms. The SMILES string of the molecule is FC(F)(F)c1cc(-c2c(Cl)ccc(Cl)c2Cl)c(I)c(-c2c(Cl)ccc(Cl)c2Cl)n1. The summed E-state index contributed by atoms with van der Waals surface area (Å²) in [7, 11) is 0. The van der Waals surface area contributed by atoms with Crippen LogP contribution in [-0.2, 0) is 6.18 Å². The second kappa shape index (κ2) is 8.77. The van der Waals surface area contributed by atoms with Crippen LogP contribution in [0.5, 0.6) is 0 Å². The monoisotopic (exact) mass is 629 g/mol. The van der Waals surface area contributed by atoms with Crippen molar-refractivity contribution in [1.82, 2.24) is 4.98 Å². The highest BCUT2D eigenvalue weighted by atomic mass is 127. The predicted molar refractivity (Wildman–Crippen MR) is 123 cm³/mol. The molecule has 0 aliphatic rings. The molecule has 2 aromatic carbocycles. The van der Waals surface area contributed by atoms with Crippen molar-refractivity contribution in [3.8, 4) is 22.4 Å². The van der Waals surface area contributed by atoms with Gasteiger partial charge < -0.3 is 0 Å². The van der Waals surface area contributed by atoms with E-state index in [4.69, 9.17) is 69.6 Å². The quantitative estimate of drug-likeness (QED) is 0.203. The Morgan fingerprint density at radius 2 is 1.17 bits per heavy atom. The Labute approximate surface area is 207 Å². The Kier molecular flexibility index (Phi) is 7.11. The molecule has 0 aliphatic heterocycles. The molecule has 0 radical (unpaired) electrons. The van der Waals surface area contributed by atoms with E-state index in [1.807, 2.05) is 22.6 Å². The van der Waals surface area contributed by atoms with Gasteiger partial charge in [-0.15, -0.1) is 0 Å². The summed E-state index contributed by atoms with van der Waals surface area (Å²) in [6, 6.07) is 6.58. The molecule has 1 nitrogen and oxygen atoms in total. The van der Waals surface area contributed by atoms with E-state index >= 15 is 0 Å². The Balaban J connectivity index is 2.47. The van der Waals surface area contributed by atoms with Crippen molar-refractivity contribution in [2.45, 2.75) is 6.18 Å². The Hall–Kier alpha value is -0.150. The maximum Gasteiger partial charge on any atom is 0.433 e. The molecule has 0 atom stereocenters. The zero-order chi connectivity index (χ0) is 21.7. The van der Waals surface area contributed by atoms with Gasteiger partial charge in [-0.2, -0.15) is 13.2 Å². The van der Waals surface area contributed by atoms with Crippen LogP contribution in [0.25, 0.3) is 22.4 Å². The number of pyridine rings is 1. The number of alkyl halides is 3. The lowest BCUT2D eigenvalue weighted by Gasteiger charge is -2.18. The molecule has 1 aromatic heterocycles. The number of hydrogen-bond acceptors (Lipinski definition) is 1. The summed E-state index contributed by atoms with van der Waals surface area (Å²) in [4.78, 5) is 3.77. The molecule has 29 heavy (non-hydrogen) atoms. The van der Waals surface area contributed by atoms with Crippen molar-refractivity contribution >= 4 is 92.2 Å². The minimum absolute atomic E-state index is 0.00523. The van der Waals surface area contributed by atoms with Crippen LogP contribution in [0.3, 0.4) is 0 Å². The molecule has 11 heteroatoms. The fraction of sp³-hybridized carbons (Fsp3) is 0.0556. The first kappa shape index (κ1) is 23.5. The normalized spacial score (nSPS) is 11.8. The molecule has 152 valence electrons. The van der Waals surface area contributed by atoms with Gasteiger partial charge in [-0.3, -0.25) is 0 Å². The lowest BCUT2D eigenvalue weighted by molar-refractivity contribution is -0.141. The first-order valence-electron chi connectivity index (χ1n) is 7.49. The molecule has 0 unspecified atom stereocenters. The molecule has 0 aliphatic carbocycles. The van der Waals surface area contributed by atoms with Crippen molar-refractivity contribution in [2.75, 3.05) is 0 Å². The van der Waals surface area contributed by atoms with Crippen LogP contribution in [0.15, 0.2) is 30.3 Å². The highest BCUT2D eigenvalue weighted by Gasteiger charge is 2.35. The van der Waals surface area contributed by atoms with Gasteiger partial charge in [0.25, 0.3) is 0 Å². The van der Waals surface area contributed by atoms with Crippen LogP contribution in [0, 0.1) is 3.57 Å². The lowest BCUT2D eigenvalue weighted by Crippen LogP contribution is -2.10. The molecule has 3 aromatic rings. The highest BCUT2D eigenvalue weighted by Crippen LogP contribution is 2.47. The standard InChI is InChI=1S/C18H5Cl6F3IN/c19-7-1-3-9(21)14(23)12(7)6-5-11(18(25,26)27)29-17(16(6)28)13-8(20)2-4-10(22)15(13)24/h1-5H. The van der Waals surface area contributed by atoms with E-state index < -0.39 is 11.9 Å². The number of benzene rings is 2. The predicted octanol–water partition coefficient (Wildman–Crippen LogP) is 9.96. The number of aromatic nitrogens is 1. The molecular weight excluding hydrogens is 627 g/mol. The van der Waals surface area contributed by atoms with E-state index in [9.17, 15) is 13.2 Å². The molecule has 0 bridgehead atoms. The topological polar surface area (TPSA) is 12.9 Å². The average molecular weight is 632 g/mol. The van der Waals surface area contributed by atoms with Crippen molar-refractivity contribution < 1.29 is 13.2 Å². The van der Waals surface area contributed by atoms with Gasteiger partial charge in [0.05, 0.1) is 35.8 Å². The fourth-order valence-corrected chi connectivity index (χ4v) is 4.79. The maximum atomic E-state index is 13.6. The first-order chi connectivity index (χ1) is 13.4. The van der Waals surface area contributed by atoms with Crippen molar-refractivity contribution in [2.24, 2.45) is 0 Å². The van der Waals surface area contributed by atoms with E-state index in [0.717, 1.165) is 6.07 Å². The zero-order valence-corrected chi connectivity index (χ0v) is 20.3. The lowest BCUT2D eigenvalue weighted by atomic mass is 10.0. The van der Waals surface area contributed by atoms with Crippen LogP contribution < -0.4 is 0 Å². The summed E-state index contributed by atoms with van der Waals surface area (Å²) < 4.78 is 41.2. The minimum Gasteiger partial charge on any atom is -0.242 e. The number of hydrogen-bond donors (Lipinski definition) is 0. The van der Waals surface area contributed by atoms with Crippen LogP contribution >= 0.6 is 92.2 Å². The third kappa shape index (κ3) is 4.56. The summed E-state index contributed by atoms with van der Waals surface area (Å²) in [5.74, 6) is 0. The van der Waals surface area contributed by atoms with Crippen molar-refractivity contribution in [3.05, 3.63) is 69.7 Å². The molecule has 1 heterocycles. The van der Waals surface area contributed by atoms with Crippen molar-refractivity contribution in [1.29, 1.82) is 0 Å². The van der Waals surface area contributed by atoms with Gasteiger partial charge in [-0.1, -0.05) is 69.6 Å². The minimum atomic E-state index is -4.76. The second-order valence-corrected chi connectivity index (χ2v) is 9.12. The van der Waals surface area contributed by atoms with E-state index in [0.29, 0.717) is 0 Å². The summed E-state index contributed by atoms with van der Waals surface area (Å²) in [5, 5.41) is 0.419. The van der Waals surface area contributed by atoms with E-state index in [-0.39, 0.29) is 56.1 Å². The average Bonchev–Trinajstić information content (AvgIpc) is 2.63. The third-order valence-corrected chi connectivity index (χ3v) is 7.17. The number of rotatable bonds is 2. The van der Waals surface area contributed by atoms with Crippen LogP contribution in [0.2, 0.25) is 30.1 Å². The van der Waals surface area contributed by atoms with E-state index in [1.165, 1.54) is 24.3 Å². The van der Waals surface area contributed by atoms with Gasteiger partial charge in [0.2, 0.25) is 0 Å². The Morgan fingerprint density at radius 3 is 1.69 bits per heavy atom. The second-order valence-electron chi connectivity index (χ2n) is 5.65. The third-order valence-electron chi connectivity index (χ3n) is 3.84. The van der Waals surface area contributed by atoms with Crippen LogP contribution in [0.4, 0.5) is 13.2 Å². The molecule has 3 rings (SSSR count). The van der Waals surface area contributed by atoms with Gasteiger partial charge in [0, 0.05) is 20.3 Å². The Morgan fingerprint density at radius 1 is 0.724 bits per heavy atom. The molecule has 0 saturated heterocycles. The summed E-state index contributed by atoms with van der Waals surface area (Å²) in [6.45, 7) is 0. The van der Waals surface area contributed by atoms with Gasteiger partial charge in [-0.05, 0) is 52.9 Å². The molecule has 0 amide bonds. The molecule has 0 saturated carbocycles. The smallest absolute Gasteiger partial charge is 0.242 e. The van der Waals surface area contributed by atoms with Gasteiger partial charge >= 0.3 is 6.18 Å². The first-order valence-corrected chi connectivity index (χ1v) is 10.8. The van der Waals surface area contributed by atoms with Crippen LogP contribution in [-0.4, -0.2) is 4.98 Å². The summed E-state index contributed by atoms with van der Waals surface area (Å²) >= 11 is 38.9. The summed E-state index contributed by atoms with van der Waals surface area (Å²) in [5.41, 5.74) is -1.02. The van der Waals surface area contributed by atoms with Gasteiger partial charge in [-0.25, -0.2) is 4.98 Å². The van der Waals surface area contributed by atoms with Crippen molar-refractivity contribution in [3.63, 3.8) is 0 Å². The Bertz CT molecular complexity index is 1060. The summed E-state index contributed by atoms with van der Waals surface area (Å²) in [6.07, 6.45) is -4.76. The fourth-order valence-electron chi connectivity index (χ4n) is 2.54. The highest BCUT2D eigenvalue weighted by molar-refractivity contribution is 14.1. The van der Waals surface area contributed by atoms with Gasteiger partial charge in [0.15, 0.2) is 0 Å². The maximum absolute atomic E-state index is 13.6. The van der Waals surface area contributed by atoms with E-state index in [1.54, 1.807) is 0 Å². The number of nitrogens with zero attached hydrogens (tertiary/aromatic N) is 1. The number of halogens is 10. The molecular formula is C18H5Cl6F3IN. The largest absolute Gasteiger partial charge is 0.433 e. The van der Waals surface area contributed by atoms with E-state index in [2.05, 4.69) is 4.98 Å². The van der Waals surface area contributed by atoms with Gasteiger partial charge in [0.1, 0.15) is 5.69 Å². The zero-order valence-electron chi connectivity index (χ0n) is 13.6. The van der Waals surface area contributed by atoms with Crippen LogP contribution in [0.1, 0.15) is 5.69 Å².